The molecule has 2 N–H and O–H groups in total. The Hall–Kier alpha value is -2.49. The van der Waals surface area contributed by atoms with Crippen LogP contribution in [0.4, 0.5) is 17.6 Å². The van der Waals surface area contributed by atoms with Gasteiger partial charge in [-0.05, 0) is 18.2 Å². The summed E-state index contributed by atoms with van der Waals surface area (Å²) in [5.74, 6) is -2.17. The first kappa shape index (κ1) is 16.4. The number of carbonyl (C=O) groups is 1. The molecule has 0 spiro atoms. The number of nitrogens with zero attached hydrogens (tertiary/aromatic N) is 3. The highest BCUT2D eigenvalue weighted by atomic mass is 19.4. The van der Waals surface area contributed by atoms with Gasteiger partial charge in [0.05, 0.1) is 18.3 Å². The first-order chi connectivity index (χ1) is 11.2. The average molecular weight is 344 g/mol. The van der Waals surface area contributed by atoms with Crippen LogP contribution in [0.25, 0.3) is 0 Å². The molecule has 1 amide bonds. The molecule has 1 aliphatic rings. The van der Waals surface area contributed by atoms with Crippen LogP contribution >= 0.6 is 0 Å². The molecule has 0 aliphatic carbocycles. The van der Waals surface area contributed by atoms with Gasteiger partial charge in [0, 0.05) is 18.5 Å². The number of hydrogen-bond donors (Lipinski definition) is 2. The van der Waals surface area contributed by atoms with Gasteiger partial charge in [0.15, 0.2) is 0 Å². The Bertz CT molecular complexity index is 763. The topological polar surface area (TPSA) is 82.1 Å². The van der Waals surface area contributed by atoms with E-state index in [1.807, 2.05) is 0 Å². The van der Waals surface area contributed by atoms with Gasteiger partial charge in [0.25, 0.3) is 5.91 Å². The minimum absolute atomic E-state index is 0.126. The summed E-state index contributed by atoms with van der Waals surface area (Å²) in [6.07, 6.45) is -3.42. The van der Waals surface area contributed by atoms with E-state index in [9.17, 15) is 27.5 Å². The van der Waals surface area contributed by atoms with E-state index in [1.54, 1.807) is 0 Å². The minimum atomic E-state index is -4.90. The third-order valence-corrected chi connectivity index (χ3v) is 3.95. The predicted molar refractivity (Wildman–Crippen MR) is 72.2 cm³/mol. The normalized spacial score (nSPS) is 21.3. The van der Waals surface area contributed by atoms with Crippen molar-refractivity contribution < 1.29 is 27.5 Å². The second kappa shape index (κ2) is 5.55. The fourth-order valence-corrected chi connectivity index (χ4v) is 2.66. The third-order valence-electron chi connectivity index (χ3n) is 3.95. The number of rotatable bonds is 2. The molecule has 1 unspecified atom stereocenters. The fourth-order valence-electron chi connectivity index (χ4n) is 2.66. The zero-order valence-electron chi connectivity index (χ0n) is 12.1. The van der Waals surface area contributed by atoms with Gasteiger partial charge >= 0.3 is 6.18 Å². The lowest BCUT2D eigenvalue weighted by molar-refractivity contribution is -0.140. The highest BCUT2D eigenvalue weighted by Gasteiger charge is 2.42. The van der Waals surface area contributed by atoms with E-state index in [4.69, 9.17) is 0 Å². The number of halogens is 4. The highest BCUT2D eigenvalue weighted by molar-refractivity contribution is 5.94. The van der Waals surface area contributed by atoms with Crippen molar-refractivity contribution in [1.29, 1.82) is 0 Å². The van der Waals surface area contributed by atoms with E-state index in [0.717, 1.165) is 6.07 Å². The number of likely N-dealkylation sites (tertiary alicyclic amines) is 1. The number of hydrogen-bond acceptors (Lipinski definition) is 4. The second-order valence-corrected chi connectivity index (χ2v) is 5.56. The maximum absolute atomic E-state index is 13.3. The number of benzene rings is 1. The highest BCUT2D eigenvalue weighted by Crippen LogP contribution is 2.34. The maximum Gasteiger partial charge on any atom is 0.419 e. The largest absolute Gasteiger partial charge is 0.419 e. The number of H-pyrrole nitrogens is 1. The molecule has 1 atom stereocenters. The molecule has 128 valence electrons. The molecule has 0 bridgehead atoms. The van der Waals surface area contributed by atoms with Crippen LogP contribution in [-0.2, 0) is 11.8 Å². The van der Waals surface area contributed by atoms with Gasteiger partial charge in [-0.15, -0.1) is 0 Å². The van der Waals surface area contributed by atoms with Crippen LogP contribution in [0.15, 0.2) is 24.4 Å². The average Bonchev–Trinajstić information content (AvgIpc) is 3.16. The molecule has 1 aliphatic heterocycles. The van der Waals surface area contributed by atoms with Crippen molar-refractivity contribution >= 4 is 5.91 Å². The van der Waals surface area contributed by atoms with E-state index in [-0.39, 0.29) is 30.8 Å². The number of alkyl halides is 3. The van der Waals surface area contributed by atoms with Crippen molar-refractivity contribution in [3.05, 3.63) is 47.0 Å². The van der Waals surface area contributed by atoms with Crippen LogP contribution in [0.5, 0.6) is 0 Å². The molecule has 1 fully saturated rings. The molecule has 1 aromatic carbocycles. The Kier molecular flexibility index (Phi) is 3.78. The zero-order chi connectivity index (χ0) is 17.5. The van der Waals surface area contributed by atoms with E-state index in [0.29, 0.717) is 12.1 Å². The predicted octanol–water partition coefficient (Wildman–Crippen LogP) is 1.70. The summed E-state index contributed by atoms with van der Waals surface area (Å²) in [6.45, 7) is -0.0159. The van der Waals surface area contributed by atoms with E-state index >= 15 is 0 Å². The van der Waals surface area contributed by atoms with Gasteiger partial charge in [-0.3, -0.25) is 4.79 Å². The summed E-state index contributed by atoms with van der Waals surface area (Å²) in [4.78, 5) is 13.6. The Labute approximate surface area is 133 Å². The summed E-state index contributed by atoms with van der Waals surface area (Å²) in [5, 5.41) is 20.2. The molecule has 2 heterocycles. The smallest absolute Gasteiger partial charge is 0.381 e. The van der Waals surface area contributed by atoms with Gasteiger partial charge in [0.2, 0.25) is 0 Å². The van der Waals surface area contributed by atoms with Crippen LogP contribution in [0.1, 0.15) is 28.0 Å². The summed E-state index contributed by atoms with van der Waals surface area (Å²) >= 11 is 0. The second-order valence-electron chi connectivity index (χ2n) is 5.56. The number of amides is 1. The fraction of sp³-hybridized carbons (Fsp3) is 0.357. The first-order valence-corrected chi connectivity index (χ1v) is 6.95. The number of aromatic amines is 1. The number of carbonyl (C=O) groups excluding carboxylic acids is 1. The minimum Gasteiger partial charge on any atom is -0.381 e. The number of β-amino-alcohol motifs (C(OH)–C–C–N with tert-alkyl or cyclic N) is 1. The lowest BCUT2D eigenvalue weighted by atomic mass is 10.00. The lowest BCUT2D eigenvalue weighted by Gasteiger charge is -2.21. The van der Waals surface area contributed by atoms with Gasteiger partial charge in [0.1, 0.15) is 17.1 Å². The van der Waals surface area contributed by atoms with E-state index in [1.165, 1.54) is 11.1 Å². The molecule has 24 heavy (non-hydrogen) atoms. The summed E-state index contributed by atoms with van der Waals surface area (Å²) in [7, 11) is 0. The third kappa shape index (κ3) is 2.84. The van der Waals surface area contributed by atoms with Crippen molar-refractivity contribution in [2.45, 2.75) is 18.2 Å². The van der Waals surface area contributed by atoms with Crippen LogP contribution in [0.2, 0.25) is 0 Å². The van der Waals surface area contributed by atoms with Crippen molar-refractivity contribution in [3.63, 3.8) is 0 Å². The molecule has 0 radical (unpaired) electrons. The van der Waals surface area contributed by atoms with Crippen LogP contribution < -0.4 is 0 Å². The summed E-state index contributed by atoms with van der Waals surface area (Å²) in [5.41, 5.74) is -2.98. The lowest BCUT2D eigenvalue weighted by Crippen LogP contribution is -2.34. The number of nitrogens with one attached hydrogen (secondary N) is 1. The van der Waals surface area contributed by atoms with Gasteiger partial charge < -0.3 is 10.0 Å². The van der Waals surface area contributed by atoms with E-state index < -0.39 is 29.1 Å². The number of aliphatic hydroxyl groups is 1. The van der Waals surface area contributed by atoms with Crippen LogP contribution in [0.3, 0.4) is 0 Å². The van der Waals surface area contributed by atoms with Crippen molar-refractivity contribution in [1.82, 2.24) is 20.3 Å². The van der Waals surface area contributed by atoms with Crippen LogP contribution in [-0.4, -0.2) is 44.4 Å². The van der Waals surface area contributed by atoms with E-state index in [2.05, 4.69) is 15.4 Å². The Morgan fingerprint density at radius 1 is 1.38 bits per heavy atom. The molecule has 1 aromatic heterocycles. The maximum atomic E-state index is 13.3. The van der Waals surface area contributed by atoms with Gasteiger partial charge in [-0.2, -0.15) is 28.6 Å². The van der Waals surface area contributed by atoms with Gasteiger partial charge in [-0.1, -0.05) is 0 Å². The van der Waals surface area contributed by atoms with Crippen molar-refractivity contribution in [2.75, 3.05) is 13.1 Å². The summed E-state index contributed by atoms with van der Waals surface area (Å²) < 4.78 is 51.6. The van der Waals surface area contributed by atoms with Crippen molar-refractivity contribution in [2.24, 2.45) is 0 Å². The van der Waals surface area contributed by atoms with Crippen molar-refractivity contribution in [3.8, 4) is 0 Å². The zero-order valence-corrected chi connectivity index (χ0v) is 12.1. The molecule has 10 heteroatoms. The Morgan fingerprint density at radius 3 is 2.75 bits per heavy atom. The monoisotopic (exact) mass is 344 g/mol. The standard InChI is InChI=1S/C14H12F4N4O2/c15-10-2-1-8(5-9(10)14(16,17)18)12(23)22-4-3-13(24,7-22)11-6-19-21-20-11/h1-2,5-6,24H,3-4,7H2,(H,19,20,21). The SMILES string of the molecule is O=C(c1ccc(F)c(C(F)(F)F)c1)N1CCC(O)(c2cn[nH]n2)C1. The molecule has 3 rings (SSSR count). The molecular formula is C14H12F4N4O2. The van der Waals surface area contributed by atoms with Crippen LogP contribution in [0, 0.1) is 5.82 Å². The Morgan fingerprint density at radius 2 is 2.12 bits per heavy atom. The first-order valence-electron chi connectivity index (χ1n) is 6.95. The molecular weight excluding hydrogens is 332 g/mol. The molecule has 2 aromatic rings. The number of aromatic nitrogens is 3. The Balaban J connectivity index is 1.83. The molecule has 6 nitrogen and oxygen atoms in total. The molecule has 0 saturated carbocycles. The van der Waals surface area contributed by atoms with Gasteiger partial charge in [-0.25, -0.2) is 4.39 Å². The molecule has 1 saturated heterocycles. The summed E-state index contributed by atoms with van der Waals surface area (Å²) in [6, 6.07) is 2.07. The quantitative estimate of drug-likeness (QED) is 0.813.